The summed E-state index contributed by atoms with van der Waals surface area (Å²) in [5.74, 6) is 0.435. The molecule has 0 saturated heterocycles. The summed E-state index contributed by atoms with van der Waals surface area (Å²) in [6, 6.07) is 16.1. The highest BCUT2D eigenvalue weighted by atomic mass is 16.3. The van der Waals surface area contributed by atoms with E-state index in [1.165, 1.54) is 5.56 Å². The summed E-state index contributed by atoms with van der Waals surface area (Å²) in [6.07, 6.45) is 5.45. The van der Waals surface area contributed by atoms with Crippen LogP contribution in [0.2, 0.25) is 0 Å². The second-order valence-electron chi connectivity index (χ2n) is 11.6. The minimum absolute atomic E-state index is 0.0864. The molecule has 2 aromatic carbocycles. The largest absolute Gasteiger partial charge is 0.256 e. The number of benzene rings is 2. The molecule has 0 aliphatic heterocycles. The average molecular weight is 435 g/mol. The molecule has 0 N–H and O–H groups in total. The number of nitroso groups, excluding NO2 is 2. The van der Waals surface area contributed by atoms with Crippen molar-refractivity contribution in [2.75, 3.05) is 0 Å². The molecule has 0 saturated carbocycles. The highest BCUT2D eigenvalue weighted by Gasteiger charge is 2.41. The van der Waals surface area contributed by atoms with Crippen LogP contribution in [0.1, 0.15) is 84.8 Å². The fourth-order valence-corrected chi connectivity index (χ4v) is 4.71. The molecule has 2 unspecified atom stereocenters. The van der Waals surface area contributed by atoms with Crippen LogP contribution in [0.25, 0.3) is 0 Å². The molecule has 0 radical (unpaired) electrons. The van der Waals surface area contributed by atoms with Crippen molar-refractivity contribution in [1.29, 1.82) is 0 Å². The van der Waals surface area contributed by atoms with Crippen LogP contribution in [-0.4, -0.2) is 20.6 Å². The maximum atomic E-state index is 12.8. The van der Waals surface area contributed by atoms with Crippen molar-refractivity contribution in [2.24, 2.45) is 5.41 Å². The van der Waals surface area contributed by atoms with E-state index in [9.17, 15) is 9.81 Å². The van der Waals surface area contributed by atoms with Gasteiger partial charge in [-0.3, -0.25) is 0 Å². The molecule has 4 heteroatoms. The maximum Gasteiger partial charge on any atom is 0.256 e. The first-order chi connectivity index (χ1) is 14.7. The van der Waals surface area contributed by atoms with Crippen LogP contribution in [0.4, 0.5) is 11.4 Å². The lowest BCUT2D eigenvalue weighted by molar-refractivity contribution is -0.540. The van der Waals surface area contributed by atoms with Gasteiger partial charge in [-0.05, 0) is 28.9 Å². The summed E-state index contributed by atoms with van der Waals surface area (Å²) in [7, 11) is 0. The molecule has 2 atom stereocenters. The van der Waals surface area contributed by atoms with Gasteiger partial charge in [-0.25, -0.2) is 0 Å². The Kier molecular flexibility index (Phi) is 6.29. The Labute approximate surface area is 192 Å². The lowest BCUT2D eigenvalue weighted by Gasteiger charge is -2.43. The second kappa shape index (κ2) is 8.38. The number of hydrogen-bond acceptors (Lipinski definition) is 2. The first kappa shape index (κ1) is 24.0. The molecule has 32 heavy (non-hydrogen) atoms. The van der Waals surface area contributed by atoms with E-state index in [4.69, 9.17) is 0 Å². The number of rotatable bonds is 4. The van der Waals surface area contributed by atoms with Crippen LogP contribution < -0.4 is 0 Å². The summed E-state index contributed by atoms with van der Waals surface area (Å²) in [4.78, 5) is 25.6. The topological polar surface area (TPSA) is 40.2 Å². The maximum absolute atomic E-state index is 12.8. The molecule has 0 aromatic heterocycles. The van der Waals surface area contributed by atoms with E-state index in [1.807, 2.05) is 71.9 Å². The molecule has 0 heterocycles. The minimum atomic E-state index is -0.489. The Morgan fingerprint density at radius 1 is 0.781 bits per heavy atom. The zero-order valence-electron chi connectivity index (χ0n) is 20.8. The van der Waals surface area contributed by atoms with E-state index in [1.54, 1.807) is 0 Å². The Morgan fingerprint density at radius 2 is 1.25 bits per heavy atom. The van der Waals surface area contributed by atoms with E-state index in [2.05, 4.69) is 44.2 Å². The normalized spacial score (nSPS) is 20.8. The van der Waals surface area contributed by atoms with Gasteiger partial charge in [-0.2, -0.15) is 0 Å². The Hall–Kier alpha value is -2.62. The standard InChI is InChI=1S/C28H38N2O2/c1-26(2,3)29(31)22-14-9-12-20(18-22)24-16-11-17-25(28(24,7)8)21-13-10-15-23(19-21)30(32)27(4,5)6/h9-16,18-19,24-25H,17H2,1-8H3/q+2. The van der Waals surface area contributed by atoms with Crippen molar-refractivity contribution < 1.29 is 9.52 Å². The fraction of sp³-hybridized carbons (Fsp3) is 0.500. The average Bonchev–Trinajstić information content (AvgIpc) is 2.71. The predicted octanol–water partition coefficient (Wildman–Crippen LogP) is 7.96. The van der Waals surface area contributed by atoms with E-state index in [0.29, 0.717) is 11.4 Å². The second-order valence-corrected chi connectivity index (χ2v) is 11.6. The first-order valence-electron chi connectivity index (χ1n) is 11.5. The molecule has 0 bridgehead atoms. The SMILES string of the molecule is CC1(C)C(c2cccc([N+](=O)C(C)(C)C)c2)C=CCC1c1cccc([N+](=O)C(C)(C)C)c1. The zero-order valence-corrected chi connectivity index (χ0v) is 20.8. The van der Waals surface area contributed by atoms with Crippen LogP contribution in [0, 0.1) is 15.2 Å². The van der Waals surface area contributed by atoms with Crippen LogP contribution in [0.5, 0.6) is 0 Å². The van der Waals surface area contributed by atoms with E-state index < -0.39 is 11.1 Å². The molecule has 170 valence electrons. The van der Waals surface area contributed by atoms with Gasteiger partial charge in [0.15, 0.2) is 0 Å². The third-order valence-corrected chi connectivity index (χ3v) is 6.59. The van der Waals surface area contributed by atoms with Gasteiger partial charge in [-0.1, -0.05) is 50.3 Å². The number of nitrogens with zero attached hydrogens (tertiary/aromatic N) is 2. The number of allylic oxidation sites excluding steroid dienone is 2. The van der Waals surface area contributed by atoms with Crippen LogP contribution in [0.3, 0.4) is 0 Å². The lowest BCUT2D eigenvalue weighted by atomic mass is 9.61. The highest BCUT2D eigenvalue weighted by Crippen LogP contribution is 2.52. The third-order valence-electron chi connectivity index (χ3n) is 6.59. The van der Waals surface area contributed by atoms with Crippen LogP contribution in [0.15, 0.2) is 60.7 Å². The zero-order chi connectivity index (χ0) is 23.9. The summed E-state index contributed by atoms with van der Waals surface area (Å²) in [5, 5.41) is 0. The van der Waals surface area contributed by atoms with Gasteiger partial charge in [0, 0.05) is 91.1 Å². The highest BCUT2D eigenvalue weighted by molar-refractivity contribution is 5.43. The van der Waals surface area contributed by atoms with Gasteiger partial charge in [0.2, 0.25) is 11.1 Å². The van der Waals surface area contributed by atoms with Crippen molar-refractivity contribution >= 4 is 11.4 Å². The first-order valence-corrected chi connectivity index (χ1v) is 11.5. The molecule has 3 rings (SSSR count). The Balaban J connectivity index is 1.98. The van der Waals surface area contributed by atoms with Gasteiger partial charge in [0.25, 0.3) is 11.4 Å². The van der Waals surface area contributed by atoms with Crippen molar-refractivity contribution in [2.45, 2.75) is 84.7 Å². The molecule has 4 nitrogen and oxygen atoms in total. The molecular formula is C28H38N2O2+2. The van der Waals surface area contributed by atoms with Crippen LogP contribution >= 0.6 is 0 Å². The third kappa shape index (κ3) is 4.74. The quantitative estimate of drug-likeness (QED) is 0.362. The predicted molar refractivity (Wildman–Crippen MR) is 132 cm³/mol. The molecular weight excluding hydrogens is 396 g/mol. The fourth-order valence-electron chi connectivity index (χ4n) is 4.71. The van der Waals surface area contributed by atoms with Crippen molar-refractivity contribution in [3.05, 3.63) is 81.6 Å². The summed E-state index contributed by atoms with van der Waals surface area (Å²) >= 11 is 0. The van der Waals surface area contributed by atoms with Crippen LogP contribution in [-0.2, 0) is 0 Å². The molecule has 1 aliphatic rings. The minimum Gasteiger partial charge on any atom is -0.0873 e. The Morgan fingerprint density at radius 3 is 1.75 bits per heavy atom. The van der Waals surface area contributed by atoms with Gasteiger partial charge in [0.1, 0.15) is 0 Å². The van der Waals surface area contributed by atoms with E-state index in [0.717, 1.165) is 21.5 Å². The van der Waals surface area contributed by atoms with Gasteiger partial charge in [0.05, 0.1) is 0 Å². The smallest absolute Gasteiger partial charge is 0.0873 e. The molecule has 0 spiro atoms. The monoisotopic (exact) mass is 434 g/mol. The van der Waals surface area contributed by atoms with E-state index >= 15 is 0 Å². The van der Waals surface area contributed by atoms with E-state index in [-0.39, 0.29) is 17.3 Å². The van der Waals surface area contributed by atoms with Crippen molar-refractivity contribution in [3.63, 3.8) is 0 Å². The molecule has 2 aromatic rings. The van der Waals surface area contributed by atoms with Crippen molar-refractivity contribution in [1.82, 2.24) is 0 Å². The summed E-state index contributed by atoms with van der Waals surface area (Å²) < 4.78 is 2.19. The molecule has 0 fully saturated rings. The summed E-state index contributed by atoms with van der Waals surface area (Å²) in [5.41, 5.74) is 2.66. The molecule has 1 aliphatic carbocycles. The van der Waals surface area contributed by atoms with Gasteiger partial charge < -0.3 is 0 Å². The number of hydrogen-bond donors (Lipinski definition) is 0. The Bertz CT molecular complexity index is 1050. The van der Waals surface area contributed by atoms with Gasteiger partial charge >= 0.3 is 0 Å². The van der Waals surface area contributed by atoms with Crippen molar-refractivity contribution in [3.8, 4) is 0 Å². The molecule has 0 amide bonds. The van der Waals surface area contributed by atoms with Gasteiger partial charge in [-0.15, -0.1) is 0 Å². The summed E-state index contributed by atoms with van der Waals surface area (Å²) in [6.45, 7) is 16.2. The lowest BCUT2D eigenvalue weighted by Crippen LogP contribution is -2.32.